The van der Waals surface area contributed by atoms with Gasteiger partial charge in [-0.15, -0.1) is 0 Å². The molecule has 0 unspecified atom stereocenters. The zero-order valence-electron chi connectivity index (χ0n) is 15.8. The lowest BCUT2D eigenvalue weighted by Gasteiger charge is -2.34. The van der Waals surface area contributed by atoms with Gasteiger partial charge >= 0.3 is 6.03 Å². The molecule has 0 saturated carbocycles. The third-order valence-electron chi connectivity index (χ3n) is 4.63. The molecular weight excluding hydrogens is 330 g/mol. The van der Waals surface area contributed by atoms with Crippen molar-refractivity contribution < 1.29 is 14.4 Å². The van der Waals surface area contributed by atoms with Gasteiger partial charge in [0.15, 0.2) is 5.78 Å². The Kier molecular flexibility index (Phi) is 7.63. The van der Waals surface area contributed by atoms with Crippen LogP contribution >= 0.6 is 0 Å². The van der Waals surface area contributed by atoms with Gasteiger partial charge in [0.05, 0.1) is 0 Å². The lowest BCUT2D eigenvalue weighted by molar-refractivity contribution is -0.132. The summed E-state index contributed by atoms with van der Waals surface area (Å²) in [5.74, 6) is -0.0149. The second-order valence-corrected chi connectivity index (χ2v) is 6.57. The van der Waals surface area contributed by atoms with Crippen LogP contribution in [0.1, 0.15) is 49.0 Å². The van der Waals surface area contributed by atoms with Crippen molar-refractivity contribution in [3.05, 3.63) is 35.4 Å². The fourth-order valence-electron chi connectivity index (χ4n) is 3.09. The molecule has 6 nitrogen and oxygen atoms in total. The number of hydrogen-bond donors (Lipinski definition) is 1. The summed E-state index contributed by atoms with van der Waals surface area (Å²) in [6, 6.07) is 7.59. The monoisotopic (exact) mass is 359 g/mol. The average Bonchev–Trinajstić information content (AvgIpc) is 2.67. The fraction of sp³-hybridized carbons (Fsp3) is 0.550. The van der Waals surface area contributed by atoms with Crippen LogP contribution in [0.25, 0.3) is 0 Å². The van der Waals surface area contributed by atoms with Crippen LogP contribution in [-0.4, -0.2) is 60.2 Å². The molecule has 0 bridgehead atoms. The number of carbonyl (C=O) groups excluding carboxylic acids is 3. The largest absolute Gasteiger partial charge is 0.339 e. The van der Waals surface area contributed by atoms with E-state index in [1.807, 2.05) is 31.2 Å². The van der Waals surface area contributed by atoms with E-state index in [9.17, 15) is 14.4 Å². The first-order chi connectivity index (χ1) is 12.5. The molecule has 6 heteroatoms. The number of ketones is 1. The second-order valence-electron chi connectivity index (χ2n) is 6.57. The number of carbonyl (C=O) groups is 3. The zero-order chi connectivity index (χ0) is 18.9. The Bertz CT molecular complexity index is 620. The Morgan fingerprint density at radius 3 is 2.12 bits per heavy atom. The van der Waals surface area contributed by atoms with Gasteiger partial charge in [-0.3, -0.25) is 9.59 Å². The summed E-state index contributed by atoms with van der Waals surface area (Å²) in [5, 5.41) is 2.77. The molecule has 2 rings (SSSR count). The predicted molar refractivity (Wildman–Crippen MR) is 101 cm³/mol. The lowest BCUT2D eigenvalue weighted by atomic mass is 10.0. The summed E-state index contributed by atoms with van der Waals surface area (Å²) >= 11 is 0. The molecule has 0 radical (unpaired) electrons. The molecule has 1 fully saturated rings. The van der Waals surface area contributed by atoms with Gasteiger partial charge in [0.25, 0.3) is 0 Å². The molecule has 0 spiro atoms. The van der Waals surface area contributed by atoms with Gasteiger partial charge in [-0.05, 0) is 18.9 Å². The van der Waals surface area contributed by atoms with Gasteiger partial charge in [0, 0.05) is 51.1 Å². The Morgan fingerprint density at radius 1 is 0.923 bits per heavy atom. The van der Waals surface area contributed by atoms with Crippen molar-refractivity contribution in [2.24, 2.45) is 0 Å². The molecule has 1 heterocycles. The number of nitrogens with zero attached hydrogens (tertiary/aromatic N) is 2. The number of aryl methyl sites for hydroxylation is 1. The minimum absolute atomic E-state index is 0.00218. The number of nitrogens with one attached hydrogen (secondary N) is 1. The van der Waals surface area contributed by atoms with Crippen LogP contribution in [0, 0.1) is 0 Å². The minimum Gasteiger partial charge on any atom is -0.339 e. The molecule has 1 aliphatic rings. The molecule has 0 aromatic heterocycles. The number of hydrogen-bond acceptors (Lipinski definition) is 3. The molecule has 1 aromatic rings. The number of Topliss-reactive ketones (excluding diaryl/α,β-unsaturated/α-hetero) is 1. The molecule has 142 valence electrons. The molecule has 26 heavy (non-hydrogen) atoms. The molecule has 0 aliphatic carbocycles. The maximum atomic E-state index is 12.3. The van der Waals surface area contributed by atoms with Gasteiger partial charge in [-0.2, -0.15) is 0 Å². The van der Waals surface area contributed by atoms with Gasteiger partial charge in [0.1, 0.15) is 0 Å². The molecular formula is C20H29N3O3. The van der Waals surface area contributed by atoms with E-state index < -0.39 is 0 Å². The first-order valence-corrected chi connectivity index (χ1v) is 9.47. The number of amides is 3. The molecule has 1 aromatic carbocycles. The first kappa shape index (κ1) is 19.9. The highest BCUT2D eigenvalue weighted by Crippen LogP contribution is 2.11. The molecule has 0 atom stereocenters. The van der Waals surface area contributed by atoms with Crippen molar-refractivity contribution in [1.82, 2.24) is 15.1 Å². The van der Waals surface area contributed by atoms with Crippen molar-refractivity contribution >= 4 is 17.7 Å². The van der Waals surface area contributed by atoms with E-state index in [1.165, 1.54) is 5.56 Å². The fourth-order valence-corrected chi connectivity index (χ4v) is 3.09. The maximum absolute atomic E-state index is 12.3. The van der Waals surface area contributed by atoms with Gasteiger partial charge < -0.3 is 15.1 Å². The van der Waals surface area contributed by atoms with Crippen LogP contribution in [0.15, 0.2) is 24.3 Å². The summed E-state index contributed by atoms with van der Waals surface area (Å²) in [6.07, 6.45) is 2.53. The van der Waals surface area contributed by atoms with E-state index in [0.29, 0.717) is 38.3 Å². The Hall–Kier alpha value is -2.37. The van der Waals surface area contributed by atoms with E-state index in [2.05, 4.69) is 12.2 Å². The molecule has 3 amide bonds. The van der Waals surface area contributed by atoms with Crippen LogP contribution in [0.5, 0.6) is 0 Å². The Morgan fingerprint density at radius 2 is 1.54 bits per heavy atom. The number of urea groups is 1. The average molecular weight is 359 g/mol. The minimum atomic E-state index is -0.0821. The SMILES string of the molecule is CCCc1ccc(C(=O)CCC(=O)N2CCN(C(=O)NCC)CC2)cc1. The highest BCUT2D eigenvalue weighted by Gasteiger charge is 2.24. The third kappa shape index (κ3) is 5.58. The summed E-state index contributed by atoms with van der Waals surface area (Å²) in [4.78, 5) is 39.9. The zero-order valence-corrected chi connectivity index (χ0v) is 15.8. The highest BCUT2D eigenvalue weighted by molar-refractivity contribution is 5.98. The summed E-state index contributed by atoms with van der Waals surface area (Å²) in [6.45, 7) is 6.72. The van der Waals surface area contributed by atoms with Gasteiger partial charge in [0.2, 0.25) is 5.91 Å². The van der Waals surface area contributed by atoms with Crippen LogP contribution < -0.4 is 5.32 Å². The van der Waals surface area contributed by atoms with Gasteiger partial charge in [-0.1, -0.05) is 37.6 Å². The van der Waals surface area contributed by atoms with E-state index in [-0.39, 0.29) is 30.6 Å². The topological polar surface area (TPSA) is 69.7 Å². The van der Waals surface area contributed by atoms with E-state index in [0.717, 1.165) is 12.8 Å². The van der Waals surface area contributed by atoms with Crippen molar-refractivity contribution in [3.63, 3.8) is 0 Å². The van der Waals surface area contributed by atoms with Gasteiger partial charge in [-0.25, -0.2) is 4.79 Å². The first-order valence-electron chi connectivity index (χ1n) is 9.47. The standard InChI is InChI=1S/C20H29N3O3/c1-3-5-16-6-8-17(9-7-16)18(24)10-11-19(25)22-12-14-23(15-13-22)20(26)21-4-2/h6-9H,3-5,10-15H2,1-2H3,(H,21,26). The van der Waals surface area contributed by atoms with E-state index in [1.54, 1.807) is 9.80 Å². The smallest absolute Gasteiger partial charge is 0.317 e. The molecule has 1 aliphatic heterocycles. The van der Waals surface area contributed by atoms with Crippen molar-refractivity contribution in [2.45, 2.75) is 39.5 Å². The number of piperazine rings is 1. The van der Waals surface area contributed by atoms with E-state index in [4.69, 9.17) is 0 Å². The Labute approximate surface area is 155 Å². The normalized spacial score (nSPS) is 14.2. The lowest BCUT2D eigenvalue weighted by Crippen LogP contribution is -2.53. The highest BCUT2D eigenvalue weighted by atomic mass is 16.2. The maximum Gasteiger partial charge on any atom is 0.317 e. The van der Waals surface area contributed by atoms with Crippen molar-refractivity contribution in [3.8, 4) is 0 Å². The van der Waals surface area contributed by atoms with Crippen LogP contribution in [0.4, 0.5) is 4.79 Å². The summed E-state index contributed by atoms with van der Waals surface area (Å²) in [7, 11) is 0. The number of benzene rings is 1. The second kappa shape index (κ2) is 9.94. The van der Waals surface area contributed by atoms with Crippen molar-refractivity contribution in [2.75, 3.05) is 32.7 Å². The van der Waals surface area contributed by atoms with Crippen LogP contribution in [0.3, 0.4) is 0 Å². The predicted octanol–water partition coefficient (Wildman–Crippen LogP) is 2.48. The van der Waals surface area contributed by atoms with Crippen LogP contribution in [0.2, 0.25) is 0 Å². The Balaban J connectivity index is 1.76. The molecule has 1 saturated heterocycles. The third-order valence-corrected chi connectivity index (χ3v) is 4.63. The van der Waals surface area contributed by atoms with Crippen molar-refractivity contribution in [1.29, 1.82) is 0 Å². The molecule has 1 N–H and O–H groups in total. The number of rotatable bonds is 7. The van der Waals surface area contributed by atoms with Crippen LogP contribution in [-0.2, 0) is 11.2 Å². The summed E-state index contributed by atoms with van der Waals surface area (Å²) < 4.78 is 0. The summed E-state index contributed by atoms with van der Waals surface area (Å²) in [5.41, 5.74) is 1.89. The van der Waals surface area contributed by atoms with E-state index >= 15 is 0 Å². The quantitative estimate of drug-likeness (QED) is 0.761.